The summed E-state index contributed by atoms with van der Waals surface area (Å²) in [5, 5.41) is 7.69. The van der Waals surface area contributed by atoms with Gasteiger partial charge in [0.1, 0.15) is 5.60 Å². The fourth-order valence-electron chi connectivity index (χ4n) is 3.05. The van der Waals surface area contributed by atoms with Crippen LogP contribution in [0.4, 0.5) is 4.79 Å². The van der Waals surface area contributed by atoms with Crippen LogP contribution in [-0.4, -0.2) is 72.6 Å². The first-order valence-electron chi connectivity index (χ1n) is 9.91. The summed E-state index contributed by atoms with van der Waals surface area (Å²) in [5.74, 6) is -0.247. The van der Waals surface area contributed by atoms with Crippen molar-refractivity contribution in [2.75, 3.05) is 39.3 Å². The van der Waals surface area contributed by atoms with Crippen LogP contribution < -0.4 is 10.6 Å². The van der Waals surface area contributed by atoms with Gasteiger partial charge < -0.3 is 20.3 Å². The SMILES string of the molecule is CC(=O)NC(CC(=O)NCCN1CCN(C(=O)OC(C)(C)C)CC1)c1cccs1. The van der Waals surface area contributed by atoms with E-state index in [1.165, 1.54) is 18.3 Å². The maximum Gasteiger partial charge on any atom is 0.410 e. The third-order valence-corrected chi connectivity index (χ3v) is 5.41. The van der Waals surface area contributed by atoms with Crippen LogP contribution >= 0.6 is 11.3 Å². The molecule has 0 spiro atoms. The minimum Gasteiger partial charge on any atom is -0.444 e. The topological polar surface area (TPSA) is 91.0 Å². The maximum absolute atomic E-state index is 12.3. The molecule has 9 heteroatoms. The van der Waals surface area contributed by atoms with Gasteiger partial charge in [0.25, 0.3) is 0 Å². The molecule has 1 fully saturated rings. The standard InChI is InChI=1S/C20H32N4O4S/c1-15(25)22-16(17-6-5-13-29-17)14-18(26)21-7-8-23-9-11-24(12-10-23)19(27)28-20(2,3)4/h5-6,13,16H,7-12,14H2,1-4H3,(H,21,26)(H,22,25). The molecule has 1 aliphatic rings. The van der Waals surface area contributed by atoms with Crippen LogP contribution in [0.1, 0.15) is 45.0 Å². The van der Waals surface area contributed by atoms with Crippen LogP contribution in [0.5, 0.6) is 0 Å². The van der Waals surface area contributed by atoms with E-state index in [1.807, 2.05) is 38.3 Å². The predicted molar refractivity (Wildman–Crippen MR) is 113 cm³/mol. The largest absolute Gasteiger partial charge is 0.444 e. The van der Waals surface area contributed by atoms with Crippen LogP contribution in [0.25, 0.3) is 0 Å². The minimum absolute atomic E-state index is 0.0930. The molecule has 3 amide bonds. The molecule has 0 aliphatic carbocycles. The number of amides is 3. The first-order chi connectivity index (χ1) is 13.6. The van der Waals surface area contributed by atoms with Gasteiger partial charge in [-0.05, 0) is 32.2 Å². The Kier molecular flexibility index (Phi) is 8.45. The fourth-order valence-corrected chi connectivity index (χ4v) is 3.83. The van der Waals surface area contributed by atoms with Gasteiger partial charge in [0.15, 0.2) is 0 Å². The van der Waals surface area contributed by atoms with Crippen molar-refractivity contribution in [3.63, 3.8) is 0 Å². The van der Waals surface area contributed by atoms with E-state index in [0.29, 0.717) is 19.6 Å². The van der Waals surface area contributed by atoms with E-state index in [-0.39, 0.29) is 30.4 Å². The first kappa shape index (κ1) is 23.2. The smallest absolute Gasteiger partial charge is 0.410 e. The van der Waals surface area contributed by atoms with Crippen LogP contribution in [-0.2, 0) is 14.3 Å². The molecule has 162 valence electrons. The Morgan fingerprint density at radius 2 is 1.90 bits per heavy atom. The van der Waals surface area contributed by atoms with Gasteiger partial charge in [-0.1, -0.05) is 6.07 Å². The Hall–Kier alpha value is -2.13. The van der Waals surface area contributed by atoms with Gasteiger partial charge in [0.2, 0.25) is 11.8 Å². The van der Waals surface area contributed by atoms with Crippen LogP contribution in [0.15, 0.2) is 17.5 Å². The molecule has 29 heavy (non-hydrogen) atoms. The minimum atomic E-state index is -0.489. The highest BCUT2D eigenvalue weighted by molar-refractivity contribution is 7.10. The number of ether oxygens (including phenoxy) is 1. The van der Waals surface area contributed by atoms with Gasteiger partial charge in [0, 0.05) is 51.1 Å². The summed E-state index contributed by atoms with van der Waals surface area (Å²) in [6, 6.07) is 3.52. The molecule has 0 radical (unpaired) electrons. The molecule has 0 bridgehead atoms. The highest BCUT2D eigenvalue weighted by Gasteiger charge is 2.25. The van der Waals surface area contributed by atoms with Gasteiger partial charge in [-0.25, -0.2) is 4.79 Å². The summed E-state index contributed by atoms with van der Waals surface area (Å²) >= 11 is 1.52. The second kappa shape index (κ2) is 10.6. The molecule has 8 nitrogen and oxygen atoms in total. The number of nitrogens with zero attached hydrogens (tertiary/aromatic N) is 2. The zero-order valence-electron chi connectivity index (χ0n) is 17.7. The number of carbonyl (C=O) groups excluding carboxylic acids is 3. The molecule has 1 atom stereocenters. The molecule has 1 unspecified atom stereocenters. The molecule has 2 N–H and O–H groups in total. The summed E-state index contributed by atoms with van der Waals surface area (Å²) in [6.07, 6.45) is -0.0602. The van der Waals surface area contributed by atoms with Crippen molar-refractivity contribution in [1.82, 2.24) is 20.4 Å². The monoisotopic (exact) mass is 424 g/mol. The number of rotatable bonds is 7. The van der Waals surface area contributed by atoms with Gasteiger partial charge in [-0.2, -0.15) is 0 Å². The lowest BCUT2D eigenvalue weighted by molar-refractivity contribution is -0.122. The first-order valence-corrected chi connectivity index (χ1v) is 10.8. The van der Waals surface area contributed by atoms with Crippen LogP contribution in [0.2, 0.25) is 0 Å². The number of thiophene rings is 1. The van der Waals surface area contributed by atoms with E-state index >= 15 is 0 Å². The van der Waals surface area contributed by atoms with E-state index in [4.69, 9.17) is 4.74 Å². The third-order valence-electron chi connectivity index (χ3n) is 4.43. The number of hydrogen-bond acceptors (Lipinski definition) is 6. The Morgan fingerprint density at radius 1 is 1.21 bits per heavy atom. The van der Waals surface area contributed by atoms with Crippen molar-refractivity contribution < 1.29 is 19.1 Å². The zero-order chi connectivity index (χ0) is 21.4. The molecule has 1 aliphatic heterocycles. The predicted octanol–water partition coefficient (Wildman–Crippen LogP) is 1.98. The molecule has 0 saturated carbocycles. The van der Waals surface area contributed by atoms with Gasteiger partial charge in [-0.15, -0.1) is 11.3 Å². The Bertz CT molecular complexity index is 679. The van der Waals surface area contributed by atoms with Crippen molar-refractivity contribution in [1.29, 1.82) is 0 Å². The second-order valence-corrected chi connectivity index (χ2v) is 9.11. The van der Waals surface area contributed by atoms with E-state index in [9.17, 15) is 14.4 Å². The average Bonchev–Trinajstić information content (AvgIpc) is 3.14. The lowest BCUT2D eigenvalue weighted by atomic mass is 10.1. The molecule has 1 saturated heterocycles. The van der Waals surface area contributed by atoms with E-state index in [0.717, 1.165) is 24.5 Å². The summed E-state index contributed by atoms with van der Waals surface area (Å²) in [5.41, 5.74) is -0.489. The summed E-state index contributed by atoms with van der Waals surface area (Å²) in [6.45, 7) is 11.0. The van der Waals surface area contributed by atoms with Gasteiger partial charge >= 0.3 is 6.09 Å². The van der Waals surface area contributed by atoms with E-state index < -0.39 is 5.60 Å². The van der Waals surface area contributed by atoms with Crippen LogP contribution in [0, 0.1) is 0 Å². The number of carbonyl (C=O) groups is 3. The van der Waals surface area contributed by atoms with Crippen molar-refractivity contribution in [2.24, 2.45) is 0 Å². The van der Waals surface area contributed by atoms with E-state index in [1.54, 1.807) is 4.90 Å². The van der Waals surface area contributed by atoms with Crippen molar-refractivity contribution in [2.45, 2.75) is 45.8 Å². The molecule has 2 rings (SSSR count). The normalized spacial score (nSPS) is 16.2. The van der Waals surface area contributed by atoms with Crippen molar-refractivity contribution >= 4 is 29.2 Å². The van der Waals surface area contributed by atoms with E-state index in [2.05, 4.69) is 15.5 Å². The molecule has 1 aromatic heterocycles. The molecular weight excluding hydrogens is 392 g/mol. The molecule has 1 aromatic rings. The summed E-state index contributed by atoms with van der Waals surface area (Å²) < 4.78 is 5.40. The summed E-state index contributed by atoms with van der Waals surface area (Å²) in [7, 11) is 0. The molecular formula is C20H32N4O4S. The lowest BCUT2D eigenvalue weighted by Crippen LogP contribution is -2.51. The molecule has 0 aromatic carbocycles. The Labute approximate surface area is 176 Å². The zero-order valence-corrected chi connectivity index (χ0v) is 18.5. The molecule has 2 heterocycles. The van der Waals surface area contributed by atoms with Gasteiger partial charge in [-0.3, -0.25) is 14.5 Å². The average molecular weight is 425 g/mol. The maximum atomic E-state index is 12.3. The van der Waals surface area contributed by atoms with Crippen molar-refractivity contribution in [3.05, 3.63) is 22.4 Å². The lowest BCUT2D eigenvalue weighted by Gasteiger charge is -2.35. The Balaban J connectivity index is 1.69. The fraction of sp³-hybridized carbons (Fsp3) is 0.650. The highest BCUT2D eigenvalue weighted by Crippen LogP contribution is 2.21. The summed E-state index contributed by atoms with van der Waals surface area (Å²) in [4.78, 5) is 40.7. The second-order valence-electron chi connectivity index (χ2n) is 8.13. The highest BCUT2D eigenvalue weighted by atomic mass is 32.1. The number of nitrogens with one attached hydrogen (secondary N) is 2. The third kappa shape index (κ3) is 8.41. The van der Waals surface area contributed by atoms with Crippen LogP contribution in [0.3, 0.4) is 0 Å². The van der Waals surface area contributed by atoms with Crippen molar-refractivity contribution in [3.8, 4) is 0 Å². The number of hydrogen-bond donors (Lipinski definition) is 2. The van der Waals surface area contributed by atoms with Gasteiger partial charge in [0.05, 0.1) is 12.5 Å². The number of piperazine rings is 1. The quantitative estimate of drug-likeness (QED) is 0.699. The Morgan fingerprint density at radius 3 is 2.45 bits per heavy atom.